The van der Waals surface area contributed by atoms with Crippen LogP contribution >= 0.6 is 0 Å². The Bertz CT molecular complexity index is 639. The molecule has 0 aromatic heterocycles. The second kappa shape index (κ2) is 6.75. The Labute approximate surface area is 131 Å². The predicted molar refractivity (Wildman–Crippen MR) is 87.7 cm³/mol. The van der Waals surface area contributed by atoms with Gasteiger partial charge in [-0.1, -0.05) is 48.5 Å². The van der Waals surface area contributed by atoms with E-state index in [0.29, 0.717) is 0 Å². The fourth-order valence-corrected chi connectivity index (χ4v) is 3.08. The molecule has 0 radical (unpaired) electrons. The molecule has 3 heteroatoms. The van der Waals surface area contributed by atoms with Crippen LogP contribution in [0, 0.1) is 5.92 Å². The molecule has 2 unspecified atom stereocenters. The van der Waals surface area contributed by atoms with E-state index in [-0.39, 0.29) is 11.8 Å². The van der Waals surface area contributed by atoms with Gasteiger partial charge in [-0.15, -0.1) is 0 Å². The van der Waals surface area contributed by atoms with E-state index in [1.807, 2.05) is 42.5 Å². The van der Waals surface area contributed by atoms with E-state index >= 15 is 0 Å². The summed E-state index contributed by atoms with van der Waals surface area (Å²) in [6.07, 6.45) is 2.70. The molecule has 2 atom stereocenters. The van der Waals surface area contributed by atoms with Gasteiger partial charge in [-0.05, 0) is 42.9 Å². The first-order valence-corrected chi connectivity index (χ1v) is 7.85. The van der Waals surface area contributed by atoms with Crippen LogP contribution in [0.3, 0.4) is 0 Å². The lowest BCUT2D eigenvalue weighted by atomic mass is 10.0. The third-order valence-corrected chi connectivity index (χ3v) is 4.33. The summed E-state index contributed by atoms with van der Waals surface area (Å²) >= 11 is 0. The molecule has 0 aliphatic heterocycles. The van der Waals surface area contributed by atoms with Gasteiger partial charge in [0.25, 0.3) is 0 Å². The third kappa shape index (κ3) is 3.37. The van der Waals surface area contributed by atoms with Crippen LogP contribution < -0.4 is 5.32 Å². The van der Waals surface area contributed by atoms with Crippen molar-refractivity contribution in [2.75, 3.05) is 5.32 Å². The molecule has 1 aliphatic rings. The Balaban J connectivity index is 1.75. The minimum absolute atomic E-state index is 0.0643. The maximum absolute atomic E-state index is 12.4. The van der Waals surface area contributed by atoms with E-state index in [9.17, 15) is 9.90 Å². The van der Waals surface area contributed by atoms with Crippen molar-refractivity contribution in [1.29, 1.82) is 0 Å². The predicted octanol–water partition coefficient (Wildman–Crippen LogP) is 3.38. The standard InChI is InChI=1S/C19H21NO2/c21-18-12-6-10-16(18)19(22)20-17-11-5-4-9-15(17)13-14-7-2-1-3-8-14/h1-5,7-9,11,16,18,21H,6,10,12-13H2,(H,20,22). The van der Waals surface area contributed by atoms with Gasteiger partial charge in [0.1, 0.15) is 0 Å². The lowest BCUT2D eigenvalue weighted by Gasteiger charge is -2.16. The molecule has 3 rings (SSSR count). The normalized spacial score (nSPS) is 20.8. The summed E-state index contributed by atoms with van der Waals surface area (Å²) in [5, 5.41) is 12.9. The maximum atomic E-state index is 12.4. The van der Waals surface area contributed by atoms with Crippen LogP contribution in [0.5, 0.6) is 0 Å². The van der Waals surface area contributed by atoms with Crippen LogP contribution in [0.1, 0.15) is 30.4 Å². The molecule has 2 N–H and O–H groups in total. The van der Waals surface area contributed by atoms with Crippen molar-refractivity contribution >= 4 is 11.6 Å². The van der Waals surface area contributed by atoms with E-state index in [1.165, 1.54) is 5.56 Å². The number of aliphatic hydroxyl groups excluding tert-OH is 1. The van der Waals surface area contributed by atoms with Gasteiger partial charge in [0.15, 0.2) is 0 Å². The average Bonchev–Trinajstić information content (AvgIpc) is 2.96. The second-order valence-electron chi connectivity index (χ2n) is 5.91. The zero-order valence-corrected chi connectivity index (χ0v) is 12.5. The molecule has 1 fully saturated rings. The Hall–Kier alpha value is -2.13. The summed E-state index contributed by atoms with van der Waals surface area (Å²) in [5.74, 6) is -0.338. The third-order valence-electron chi connectivity index (χ3n) is 4.33. The van der Waals surface area contributed by atoms with Gasteiger partial charge < -0.3 is 10.4 Å². The molecule has 1 saturated carbocycles. The molecule has 0 bridgehead atoms. The average molecular weight is 295 g/mol. The van der Waals surface area contributed by atoms with Crippen molar-refractivity contribution in [3.63, 3.8) is 0 Å². The number of rotatable bonds is 4. The van der Waals surface area contributed by atoms with Crippen molar-refractivity contribution in [2.24, 2.45) is 5.92 Å². The summed E-state index contributed by atoms with van der Waals surface area (Å²) in [4.78, 5) is 12.4. The molecular weight excluding hydrogens is 274 g/mol. The minimum Gasteiger partial charge on any atom is -0.392 e. The molecule has 3 nitrogen and oxygen atoms in total. The monoisotopic (exact) mass is 295 g/mol. The molecule has 0 heterocycles. The molecule has 1 amide bonds. The Morgan fingerprint density at radius 2 is 1.77 bits per heavy atom. The highest BCUT2D eigenvalue weighted by molar-refractivity contribution is 5.93. The molecule has 0 spiro atoms. The van der Waals surface area contributed by atoms with E-state index in [0.717, 1.165) is 36.9 Å². The van der Waals surface area contributed by atoms with Gasteiger partial charge in [-0.25, -0.2) is 0 Å². The molecular formula is C19H21NO2. The summed E-state index contributed by atoms with van der Waals surface area (Å²) < 4.78 is 0. The van der Waals surface area contributed by atoms with Crippen molar-refractivity contribution in [2.45, 2.75) is 31.8 Å². The Kier molecular flexibility index (Phi) is 4.54. The number of carbonyl (C=O) groups excluding carboxylic acids is 1. The Morgan fingerprint density at radius 3 is 2.50 bits per heavy atom. The SMILES string of the molecule is O=C(Nc1ccccc1Cc1ccccc1)C1CCCC1O. The summed E-state index contributed by atoms with van der Waals surface area (Å²) in [6.45, 7) is 0. The van der Waals surface area contributed by atoms with Gasteiger partial charge in [0, 0.05) is 5.69 Å². The topological polar surface area (TPSA) is 49.3 Å². The molecule has 0 saturated heterocycles. The summed E-state index contributed by atoms with van der Waals surface area (Å²) in [5.41, 5.74) is 3.15. The van der Waals surface area contributed by atoms with Crippen LogP contribution in [-0.2, 0) is 11.2 Å². The largest absolute Gasteiger partial charge is 0.392 e. The van der Waals surface area contributed by atoms with E-state index in [1.54, 1.807) is 0 Å². The van der Waals surface area contributed by atoms with Crippen molar-refractivity contribution in [1.82, 2.24) is 0 Å². The number of hydrogen-bond acceptors (Lipinski definition) is 2. The quantitative estimate of drug-likeness (QED) is 0.908. The van der Waals surface area contributed by atoms with E-state index in [2.05, 4.69) is 17.4 Å². The number of anilines is 1. The maximum Gasteiger partial charge on any atom is 0.230 e. The van der Waals surface area contributed by atoms with Crippen molar-refractivity contribution in [3.8, 4) is 0 Å². The molecule has 2 aromatic rings. The number of benzene rings is 2. The fraction of sp³-hybridized carbons (Fsp3) is 0.316. The summed E-state index contributed by atoms with van der Waals surface area (Å²) in [6, 6.07) is 18.1. The van der Waals surface area contributed by atoms with Gasteiger partial charge in [-0.2, -0.15) is 0 Å². The molecule has 1 aliphatic carbocycles. The van der Waals surface area contributed by atoms with E-state index < -0.39 is 6.10 Å². The smallest absolute Gasteiger partial charge is 0.230 e. The minimum atomic E-state index is -0.499. The number of nitrogens with one attached hydrogen (secondary N) is 1. The number of carbonyl (C=O) groups is 1. The highest BCUT2D eigenvalue weighted by Crippen LogP contribution is 2.28. The Morgan fingerprint density at radius 1 is 1.05 bits per heavy atom. The van der Waals surface area contributed by atoms with Gasteiger partial charge in [-0.3, -0.25) is 4.79 Å². The van der Waals surface area contributed by atoms with Crippen LogP contribution in [0.15, 0.2) is 54.6 Å². The first kappa shape index (κ1) is 14.8. The molecule has 22 heavy (non-hydrogen) atoms. The summed E-state index contributed by atoms with van der Waals surface area (Å²) in [7, 11) is 0. The van der Waals surface area contributed by atoms with Crippen molar-refractivity contribution in [3.05, 3.63) is 65.7 Å². The number of para-hydroxylation sites is 1. The first-order chi connectivity index (χ1) is 10.7. The number of amides is 1. The van der Waals surface area contributed by atoms with Gasteiger partial charge in [0.05, 0.1) is 12.0 Å². The first-order valence-electron chi connectivity index (χ1n) is 7.85. The molecule has 114 valence electrons. The lowest BCUT2D eigenvalue weighted by Crippen LogP contribution is -2.29. The van der Waals surface area contributed by atoms with E-state index in [4.69, 9.17) is 0 Å². The van der Waals surface area contributed by atoms with Crippen LogP contribution in [0.4, 0.5) is 5.69 Å². The zero-order valence-electron chi connectivity index (χ0n) is 12.5. The van der Waals surface area contributed by atoms with Crippen LogP contribution in [0.25, 0.3) is 0 Å². The number of aliphatic hydroxyl groups is 1. The van der Waals surface area contributed by atoms with Gasteiger partial charge >= 0.3 is 0 Å². The van der Waals surface area contributed by atoms with Crippen LogP contribution in [-0.4, -0.2) is 17.1 Å². The fourth-order valence-electron chi connectivity index (χ4n) is 3.08. The second-order valence-corrected chi connectivity index (χ2v) is 5.91. The molecule has 2 aromatic carbocycles. The van der Waals surface area contributed by atoms with Gasteiger partial charge in [0.2, 0.25) is 5.91 Å². The number of hydrogen-bond donors (Lipinski definition) is 2. The van der Waals surface area contributed by atoms with Crippen molar-refractivity contribution < 1.29 is 9.90 Å². The van der Waals surface area contributed by atoms with Crippen LogP contribution in [0.2, 0.25) is 0 Å². The zero-order chi connectivity index (χ0) is 15.4. The lowest BCUT2D eigenvalue weighted by molar-refractivity contribution is -0.122. The highest BCUT2D eigenvalue weighted by atomic mass is 16.3. The highest BCUT2D eigenvalue weighted by Gasteiger charge is 2.31.